The number of hydrogen-bond donors (Lipinski definition) is 4. The highest BCUT2D eigenvalue weighted by Crippen LogP contribution is 2.39. The molecule has 8 nitrogen and oxygen atoms in total. The number of anilines is 2. The van der Waals surface area contributed by atoms with Crippen molar-refractivity contribution in [2.45, 2.75) is 43.9 Å². The second-order valence-corrected chi connectivity index (χ2v) is 8.42. The quantitative estimate of drug-likeness (QED) is 0.365. The lowest BCUT2D eigenvalue weighted by Gasteiger charge is -2.19. The SMILES string of the molecule is Nc1ncnc2c1ccn2[C@@H]1CC(CCCc2cnc3c(N)cccc3c2)[C@@H](O)[C@H]1O. The van der Waals surface area contributed by atoms with Gasteiger partial charge in [0.25, 0.3) is 0 Å². The minimum Gasteiger partial charge on any atom is -0.397 e. The number of aliphatic hydroxyl groups excluding tert-OH is 2. The molecule has 0 bridgehead atoms. The fraction of sp³-hybridized carbons (Fsp3) is 0.348. The van der Waals surface area contributed by atoms with E-state index in [0.717, 1.165) is 41.1 Å². The van der Waals surface area contributed by atoms with Gasteiger partial charge in [-0.1, -0.05) is 12.1 Å². The van der Waals surface area contributed by atoms with Gasteiger partial charge in [-0.2, -0.15) is 0 Å². The molecule has 0 aliphatic heterocycles. The van der Waals surface area contributed by atoms with Crippen molar-refractivity contribution in [2.75, 3.05) is 11.5 Å². The lowest BCUT2D eigenvalue weighted by molar-refractivity contribution is 0.00511. The first kappa shape index (κ1) is 19.7. The number of fused-ring (bicyclic) bond motifs is 2. The summed E-state index contributed by atoms with van der Waals surface area (Å²) in [5.74, 6) is 0.430. The maximum absolute atomic E-state index is 10.7. The third-order valence-electron chi connectivity index (χ3n) is 6.51. The van der Waals surface area contributed by atoms with Gasteiger partial charge in [0.1, 0.15) is 23.9 Å². The van der Waals surface area contributed by atoms with E-state index in [1.807, 2.05) is 41.2 Å². The normalized spacial score (nSPS) is 23.7. The van der Waals surface area contributed by atoms with E-state index in [2.05, 4.69) is 21.0 Å². The zero-order valence-electron chi connectivity index (χ0n) is 17.1. The smallest absolute Gasteiger partial charge is 0.145 e. The average Bonchev–Trinajstić information content (AvgIpc) is 3.31. The largest absolute Gasteiger partial charge is 0.397 e. The van der Waals surface area contributed by atoms with Crippen molar-refractivity contribution in [1.82, 2.24) is 19.5 Å². The van der Waals surface area contributed by atoms with Crippen LogP contribution in [-0.2, 0) is 6.42 Å². The molecule has 4 aromatic rings. The van der Waals surface area contributed by atoms with Gasteiger partial charge in [0.15, 0.2) is 0 Å². The van der Waals surface area contributed by atoms with Crippen LogP contribution in [-0.4, -0.2) is 41.9 Å². The highest BCUT2D eigenvalue weighted by Gasteiger charge is 2.42. The van der Waals surface area contributed by atoms with Gasteiger partial charge in [-0.05, 0) is 55.4 Å². The molecule has 5 rings (SSSR count). The molecule has 1 unspecified atom stereocenters. The van der Waals surface area contributed by atoms with E-state index in [1.165, 1.54) is 6.33 Å². The van der Waals surface area contributed by atoms with Gasteiger partial charge in [-0.15, -0.1) is 0 Å². The molecule has 1 aromatic carbocycles. The summed E-state index contributed by atoms with van der Waals surface area (Å²) in [7, 11) is 0. The summed E-state index contributed by atoms with van der Waals surface area (Å²) >= 11 is 0. The Balaban J connectivity index is 1.27. The first-order valence-corrected chi connectivity index (χ1v) is 10.6. The maximum atomic E-state index is 10.7. The molecule has 0 spiro atoms. The van der Waals surface area contributed by atoms with E-state index in [4.69, 9.17) is 11.5 Å². The molecular weight excluding hydrogens is 392 g/mol. The Morgan fingerprint density at radius 3 is 2.81 bits per heavy atom. The minimum atomic E-state index is -0.845. The standard InChI is InChI=1S/C23H26N6O2/c24-17-6-2-4-14-9-13(11-26-19(14)17)3-1-5-15-10-18(21(31)20(15)30)29-8-7-16-22(25)27-12-28-23(16)29/h2,4,6-9,11-12,15,18,20-21,30-31H,1,3,5,10,24H2,(H2,25,27,28)/t15?,18-,20-,21+/m1/s1. The van der Waals surface area contributed by atoms with E-state index < -0.39 is 12.2 Å². The van der Waals surface area contributed by atoms with E-state index in [9.17, 15) is 10.2 Å². The third-order valence-corrected chi connectivity index (χ3v) is 6.51. The average molecular weight is 419 g/mol. The summed E-state index contributed by atoms with van der Waals surface area (Å²) in [6.45, 7) is 0. The highest BCUT2D eigenvalue weighted by molar-refractivity contribution is 5.89. The van der Waals surface area contributed by atoms with Crippen LogP contribution in [0.3, 0.4) is 0 Å². The van der Waals surface area contributed by atoms with Crippen LogP contribution in [0.5, 0.6) is 0 Å². The van der Waals surface area contributed by atoms with Crippen LogP contribution in [0.15, 0.2) is 49.1 Å². The van der Waals surface area contributed by atoms with Gasteiger partial charge in [-0.25, -0.2) is 9.97 Å². The lowest BCUT2D eigenvalue weighted by atomic mass is 9.96. The minimum absolute atomic E-state index is 0.0145. The predicted molar refractivity (Wildman–Crippen MR) is 120 cm³/mol. The Hall–Kier alpha value is -3.23. The van der Waals surface area contributed by atoms with Gasteiger partial charge in [-0.3, -0.25) is 4.98 Å². The molecule has 6 N–H and O–H groups in total. The molecule has 3 heterocycles. The van der Waals surface area contributed by atoms with E-state index in [0.29, 0.717) is 23.6 Å². The van der Waals surface area contributed by atoms with Crippen LogP contribution in [0.4, 0.5) is 11.5 Å². The number of para-hydroxylation sites is 1. The van der Waals surface area contributed by atoms with Crippen LogP contribution in [0.1, 0.15) is 30.9 Å². The van der Waals surface area contributed by atoms with Gasteiger partial charge >= 0.3 is 0 Å². The number of aromatic nitrogens is 4. The Bertz CT molecular complexity index is 1240. The predicted octanol–water partition coefficient (Wildman–Crippen LogP) is 2.45. The van der Waals surface area contributed by atoms with Crippen molar-refractivity contribution < 1.29 is 10.2 Å². The molecule has 0 amide bonds. The number of nitrogens with zero attached hydrogens (tertiary/aromatic N) is 4. The molecule has 0 radical (unpaired) electrons. The van der Waals surface area contributed by atoms with Gasteiger partial charge in [0, 0.05) is 17.8 Å². The summed E-state index contributed by atoms with van der Waals surface area (Å²) in [6, 6.07) is 9.54. The highest BCUT2D eigenvalue weighted by atomic mass is 16.3. The Kier molecular flexibility index (Phi) is 4.95. The maximum Gasteiger partial charge on any atom is 0.145 e. The molecule has 1 fully saturated rings. The second kappa shape index (κ2) is 7.79. The first-order valence-electron chi connectivity index (χ1n) is 10.6. The van der Waals surface area contributed by atoms with E-state index >= 15 is 0 Å². The topological polar surface area (TPSA) is 136 Å². The first-order chi connectivity index (χ1) is 15.0. The van der Waals surface area contributed by atoms with Crippen LogP contribution in [0.25, 0.3) is 21.9 Å². The summed E-state index contributed by atoms with van der Waals surface area (Å²) < 4.78 is 1.92. The molecule has 31 heavy (non-hydrogen) atoms. The number of aliphatic hydroxyl groups is 2. The van der Waals surface area contributed by atoms with Crippen LogP contribution in [0, 0.1) is 5.92 Å². The Morgan fingerprint density at radius 1 is 1.06 bits per heavy atom. The molecule has 1 aliphatic rings. The zero-order chi connectivity index (χ0) is 21.5. The van der Waals surface area contributed by atoms with Gasteiger partial charge < -0.3 is 26.2 Å². The van der Waals surface area contributed by atoms with Crippen molar-refractivity contribution in [3.05, 3.63) is 54.6 Å². The number of pyridine rings is 1. The monoisotopic (exact) mass is 418 g/mol. The van der Waals surface area contributed by atoms with Gasteiger partial charge in [0.05, 0.1) is 28.7 Å². The molecule has 1 saturated carbocycles. The number of nitrogens with two attached hydrogens (primary N) is 2. The lowest BCUT2D eigenvalue weighted by Crippen LogP contribution is -2.29. The Labute approximate surface area is 179 Å². The number of rotatable bonds is 5. The number of benzene rings is 1. The molecular formula is C23H26N6O2. The summed E-state index contributed by atoms with van der Waals surface area (Å²) in [6.07, 6.45) is 6.81. The molecule has 160 valence electrons. The third kappa shape index (κ3) is 3.47. The van der Waals surface area contributed by atoms with Crippen molar-refractivity contribution in [2.24, 2.45) is 5.92 Å². The summed E-state index contributed by atoms with van der Waals surface area (Å²) in [5, 5.41) is 23.2. The molecule has 4 atom stereocenters. The molecule has 1 aliphatic carbocycles. The number of hydrogen-bond acceptors (Lipinski definition) is 7. The second-order valence-electron chi connectivity index (χ2n) is 8.42. The number of nitrogen functional groups attached to an aromatic ring is 2. The van der Waals surface area contributed by atoms with Crippen molar-refractivity contribution in [3.63, 3.8) is 0 Å². The zero-order valence-corrected chi connectivity index (χ0v) is 17.1. The van der Waals surface area contributed by atoms with E-state index in [1.54, 1.807) is 0 Å². The summed E-state index contributed by atoms with van der Waals surface area (Å²) in [4.78, 5) is 12.8. The number of aryl methyl sites for hydroxylation is 1. The van der Waals surface area contributed by atoms with Crippen LogP contribution < -0.4 is 11.5 Å². The fourth-order valence-corrected chi connectivity index (χ4v) is 4.86. The summed E-state index contributed by atoms with van der Waals surface area (Å²) in [5.41, 5.74) is 15.3. The van der Waals surface area contributed by atoms with Crippen molar-refractivity contribution in [1.29, 1.82) is 0 Å². The molecule has 0 saturated heterocycles. The fourth-order valence-electron chi connectivity index (χ4n) is 4.86. The van der Waals surface area contributed by atoms with Crippen LogP contribution in [0.2, 0.25) is 0 Å². The van der Waals surface area contributed by atoms with E-state index in [-0.39, 0.29) is 12.0 Å². The van der Waals surface area contributed by atoms with Crippen LogP contribution >= 0.6 is 0 Å². The van der Waals surface area contributed by atoms with Crippen molar-refractivity contribution in [3.8, 4) is 0 Å². The van der Waals surface area contributed by atoms with Crippen molar-refractivity contribution >= 4 is 33.4 Å². The molecule has 8 heteroatoms. The molecule has 3 aromatic heterocycles. The Morgan fingerprint density at radius 2 is 1.94 bits per heavy atom. The van der Waals surface area contributed by atoms with Gasteiger partial charge in [0.2, 0.25) is 0 Å².